The van der Waals surface area contributed by atoms with E-state index in [2.05, 4.69) is 4.74 Å². The van der Waals surface area contributed by atoms with Crippen LogP contribution in [0.2, 0.25) is 0 Å². The summed E-state index contributed by atoms with van der Waals surface area (Å²) in [7, 11) is 1.25. The maximum atomic E-state index is 12.1. The van der Waals surface area contributed by atoms with Crippen molar-refractivity contribution in [1.29, 1.82) is 0 Å². The van der Waals surface area contributed by atoms with E-state index in [1.54, 1.807) is 0 Å². The predicted molar refractivity (Wildman–Crippen MR) is 43.0 cm³/mol. The molecule has 1 aromatic rings. The Morgan fingerprint density at radius 2 is 2.23 bits per heavy atom. The molecule has 0 bridgehead atoms. The Morgan fingerprint density at radius 3 is 2.69 bits per heavy atom. The van der Waals surface area contributed by atoms with Gasteiger partial charge in [0.05, 0.1) is 12.8 Å². The van der Waals surface area contributed by atoms with Crippen molar-refractivity contribution >= 4 is 5.69 Å². The molecular weight excluding hydrogens is 182 g/mol. The van der Waals surface area contributed by atoms with Crippen molar-refractivity contribution in [2.24, 2.45) is 0 Å². The molecule has 0 atom stereocenters. The minimum Gasteiger partial charge on any atom is -0.494 e. The number of nitrogens with one attached hydrogen (secondary N) is 1. The first-order chi connectivity index (χ1) is 6.06. The standard InChI is InChI=1S/C7H8F2N2O2/c1-13-4-2-3(6(8)9)11-7(12)5(4)10/h2,6H,10H2,1H3,(H,11,12). The summed E-state index contributed by atoms with van der Waals surface area (Å²) >= 11 is 0. The van der Waals surface area contributed by atoms with Crippen LogP contribution in [0.4, 0.5) is 14.5 Å². The number of aromatic amines is 1. The highest BCUT2D eigenvalue weighted by Gasteiger charge is 2.13. The third-order valence-corrected chi connectivity index (χ3v) is 1.51. The molecule has 1 aromatic heterocycles. The molecule has 6 heteroatoms. The zero-order valence-corrected chi connectivity index (χ0v) is 6.80. The van der Waals surface area contributed by atoms with Gasteiger partial charge in [0.2, 0.25) is 0 Å². The lowest BCUT2D eigenvalue weighted by Gasteiger charge is -2.05. The lowest BCUT2D eigenvalue weighted by molar-refractivity contribution is 0.145. The number of hydrogen-bond donors (Lipinski definition) is 2. The summed E-state index contributed by atoms with van der Waals surface area (Å²) < 4.78 is 28.9. The van der Waals surface area contributed by atoms with Gasteiger partial charge >= 0.3 is 0 Å². The molecule has 0 aliphatic carbocycles. The molecule has 1 rings (SSSR count). The van der Waals surface area contributed by atoms with Crippen LogP contribution in [0, 0.1) is 0 Å². The SMILES string of the molecule is COc1cc(C(F)F)[nH]c(=O)c1N. The number of alkyl halides is 2. The topological polar surface area (TPSA) is 68.1 Å². The van der Waals surface area contributed by atoms with Gasteiger partial charge in [0.15, 0.2) is 0 Å². The minimum atomic E-state index is -2.75. The molecule has 0 spiro atoms. The number of ether oxygens (including phenoxy) is 1. The number of nitrogen functional groups attached to an aromatic ring is 1. The molecule has 72 valence electrons. The van der Waals surface area contributed by atoms with Crippen LogP contribution < -0.4 is 16.0 Å². The Balaban J connectivity index is 3.31. The van der Waals surface area contributed by atoms with Gasteiger partial charge in [-0.2, -0.15) is 0 Å². The van der Waals surface area contributed by atoms with E-state index in [4.69, 9.17) is 5.73 Å². The summed E-state index contributed by atoms with van der Waals surface area (Å²) in [5.74, 6) is -0.0425. The van der Waals surface area contributed by atoms with Crippen molar-refractivity contribution in [3.63, 3.8) is 0 Å². The van der Waals surface area contributed by atoms with Crippen LogP contribution in [-0.4, -0.2) is 12.1 Å². The molecule has 0 aliphatic rings. The van der Waals surface area contributed by atoms with Gasteiger partial charge in [0.1, 0.15) is 11.4 Å². The minimum absolute atomic E-state index is 0.0425. The number of anilines is 1. The van der Waals surface area contributed by atoms with Crippen molar-refractivity contribution in [1.82, 2.24) is 4.98 Å². The average molecular weight is 190 g/mol. The van der Waals surface area contributed by atoms with E-state index < -0.39 is 17.7 Å². The smallest absolute Gasteiger partial charge is 0.278 e. The number of halogens is 2. The Labute approximate surface area is 72.3 Å². The lowest BCUT2D eigenvalue weighted by atomic mass is 10.3. The lowest BCUT2D eigenvalue weighted by Crippen LogP contribution is -2.15. The Bertz CT molecular complexity index is 362. The maximum absolute atomic E-state index is 12.1. The quantitative estimate of drug-likeness (QED) is 0.728. The average Bonchev–Trinajstić information content (AvgIpc) is 2.09. The number of methoxy groups -OCH3 is 1. The molecule has 0 saturated carbocycles. The summed E-state index contributed by atoms with van der Waals surface area (Å²) in [5.41, 5.74) is 3.77. The van der Waals surface area contributed by atoms with E-state index in [-0.39, 0.29) is 11.4 Å². The second-order valence-corrected chi connectivity index (χ2v) is 2.34. The number of H-pyrrole nitrogens is 1. The van der Waals surface area contributed by atoms with Crippen LogP contribution in [0.25, 0.3) is 0 Å². The van der Waals surface area contributed by atoms with Crippen LogP contribution in [0.1, 0.15) is 12.1 Å². The van der Waals surface area contributed by atoms with Crippen LogP contribution in [0.5, 0.6) is 5.75 Å². The largest absolute Gasteiger partial charge is 0.494 e. The predicted octanol–water partition coefficient (Wildman–Crippen LogP) is 0.903. The Morgan fingerprint density at radius 1 is 1.62 bits per heavy atom. The Kier molecular flexibility index (Phi) is 2.50. The van der Waals surface area contributed by atoms with Crippen molar-refractivity contribution in [3.8, 4) is 5.75 Å². The molecule has 0 aliphatic heterocycles. The summed E-state index contributed by atoms with van der Waals surface area (Å²) in [6, 6.07) is 1.00. The fraction of sp³-hybridized carbons (Fsp3) is 0.286. The molecule has 0 radical (unpaired) electrons. The Hall–Kier alpha value is -1.59. The maximum Gasteiger partial charge on any atom is 0.278 e. The molecule has 0 unspecified atom stereocenters. The van der Waals surface area contributed by atoms with Crippen molar-refractivity contribution in [2.45, 2.75) is 6.43 Å². The van der Waals surface area contributed by atoms with Gasteiger partial charge in [-0.25, -0.2) is 8.78 Å². The summed E-state index contributed by atoms with van der Waals surface area (Å²) in [5, 5.41) is 0. The summed E-state index contributed by atoms with van der Waals surface area (Å²) in [4.78, 5) is 12.9. The van der Waals surface area contributed by atoms with E-state index in [9.17, 15) is 13.6 Å². The first-order valence-corrected chi connectivity index (χ1v) is 3.41. The van der Waals surface area contributed by atoms with Crippen LogP contribution in [0.3, 0.4) is 0 Å². The monoisotopic (exact) mass is 190 g/mol. The molecule has 3 N–H and O–H groups in total. The molecule has 0 aromatic carbocycles. The molecule has 0 saturated heterocycles. The second kappa shape index (κ2) is 3.42. The van der Waals surface area contributed by atoms with Gasteiger partial charge in [0, 0.05) is 6.07 Å². The number of rotatable bonds is 2. The molecule has 1 heterocycles. The van der Waals surface area contributed by atoms with Crippen molar-refractivity contribution in [2.75, 3.05) is 12.8 Å². The normalized spacial score (nSPS) is 10.5. The zero-order valence-electron chi connectivity index (χ0n) is 6.80. The van der Waals surface area contributed by atoms with E-state index >= 15 is 0 Å². The summed E-state index contributed by atoms with van der Waals surface area (Å²) in [6.45, 7) is 0. The van der Waals surface area contributed by atoms with E-state index in [1.165, 1.54) is 7.11 Å². The number of hydrogen-bond acceptors (Lipinski definition) is 3. The molecule has 0 fully saturated rings. The van der Waals surface area contributed by atoms with Crippen LogP contribution in [0.15, 0.2) is 10.9 Å². The fourth-order valence-electron chi connectivity index (χ4n) is 0.852. The number of nitrogens with two attached hydrogens (primary N) is 1. The second-order valence-electron chi connectivity index (χ2n) is 2.34. The molecule has 4 nitrogen and oxygen atoms in total. The highest BCUT2D eigenvalue weighted by molar-refractivity contribution is 5.51. The highest BCUT2D eigenvalue weighted by Crippen LogP contribution is 2.22. The van der Waals surface area contributed by atoms with E-state index in [0.717, 1.165) is 6.07 Å². The molecule has 13 heavy (non-hydrogen) atoms. The van der Waals surface area contributed by atoms with Gasteiger partial charge < -0.3 is 15.5 Å². The fourth-order valence-corrected chi connectivity index (χ4v) is 0.852. The van der Waals surface area contributed by atoms with Crippen LogP contribution in [-0.2, 0) is 0 Å². The molecule has 0 amide bonds. The van der Waals surface area contributed by atoms with Gasteiger partial charge in [-0.05, 0) is 0 Å². The van der Waals surface area contributed by atoms with Gasteiger partial charge in [-0.1, -0.05) is 0 Å². The van der Waals surface area contributed by atoms with E-state index in [1.807, 2.05) is 4.98 Å². The van der Waals surface area contributed by atoms with Gasteiger partial charge in [0.25, 0.3) is 12.0 Å². The van der Waals surface area contributed by atoms with Gasteiger partial charge in [-0.15, -0.1) is 0 Å². The number of aromatic nitrogens is 1. The van der Waals surface area contributed by atoms with Crippen LogP contribution >= 0.6 is 0 Å². The number of pyridine rings is 1. The molecular formula is C7H8F2N2O2. The van der Waals surface area contributed by atoms with Crippen molar-refractivity contribution < 1.29 is 13.5 Å². The third-order valence-electron chi connectivity index (χ3n) is 1.51. The zero-order chi connectivity index (χ0) is 10.0. The summed E-state index contributed by atoms with van der Waals surface area (Å²) in [6.07, 6.45) is -2.75. The van der Waals surface area contributed by atoms with Crippen molar-refractivity contribution in [3.05, 3.63) is 22.1 Å². The first-order valence-electron chi connectivity index (χ1n) is 3.41. The first kappa shape index (κ1) is 9.50. The highest BCUT2D eigenvalue weighted by atomic mass is 19.3. The van der Waals surface area contributed by atoms with E-state index in [0.29, 0.717) is 0 Å². The van der Waals surface area contributed by atoms with Gasteiger partial charge in [-0.3, -0.25) is 4.79 Å². The third kappa shape index (κ3) is 1.77.